The summed E-state index contributed by atoms with van der Waals surface area (Å²) in [5.41, 5.74) is 0.551. The van der Waals surface area contributed by atoms with Gasteiger partial charge in [-0.2, -0.15) is 0 Å². The van der Waals surface area contributed by atoms with Crippen LogP contribution in [0.15, 0.2) is 59.3 Å². The highest BCUT2D eigenvalue weighted by atomic mass is 79.9. The molecule has 0 saturated carbocycles. The fourth-order valence-electron chi connectivity index (χ4n) is 2.49. The Balaban J connectivity index is 1.98. The van der Waals surface area contributed by atoms with E-state index in [1.165, 1.54) is 30.3 Å². The molecule has 128 valence electrons. The summed E-state index contributed by atoms with van der Waals surface area (Å²) >= 11 is 3.23. The van der Waals surface area contributed by atoms with Crippen LogP contribution in [0, 0.1) is 11.6 Å². The lowest BCUT2D eigenvalue weighted by Gasteiger charge is -2.19. The first kappa shape index (κ1) is 17.3. The number of aryl methyl sites for hydroxylation is 1. The fraction of sp³-hybridized carbons (Fsp3) is 0.111. The summed E-state index contributed by atoms with van der Waals surface area (Å²) in [7, 11) is 1.78. The van der Waals surface area contributed by atoms with Gasteiger partial charge in [0.2, 0.25) is 0 Å². The van der Waals surface area contributed by atoms with Gasteiger partial charge in [-0.15, -0.1) is 0 Å². The molecule has 0 radical (unpaired) electrons. The zero-order valence-corrected chi connectivity index (χ0v) is 14.8. The highest BCUT2D eigenvalue weighted by molar-refractivity contribution is 9.10. The number of carbonyl (C=O) groups excluding carboxylic acids is 1. The molecule has 0 spiro atoms. The van der Waals surface area contributed by atoms with Crippen molar-refractivity contribution in [1.29, 1.82) is 0 Å². The van der Waals surface area contributed by atoms with Gasteiger partial charge < -0.3 is 9.88 Å². The van der Waals surface area contributed by atoms with E-state index in [0.717, 1.165) is 0 Å². The van der Waals surface area contributed by atoms with Crippen molar-refractivity contribution < 1.29 is 13.6 Å². The first-order valence-electron chi connectivity index (χ1n) is 7.44. The lowest BCUT2D eigenvalue weighted by molar-refractivity contribution is 0.0937. The van der Waals surface area contributed by atoms with Gasteiger partial charge in [-0.1, -0.05) is 28.1 Å². The lowest BCUT2D eigenvalue weighted by Crippen LogP contribution is -2.31. The highest BCUT2D eigenvalue weighted by Crippen LogP contribution is 2.23. The number of halogens is 3. The highest BCUT2D eigenvalue weighted by Gasteiger charge is 2.23. The zero-order chi connectivity index (χ0) is 18.0. The fourth-order valence-corrected chi connectivity index (χ4v) is 2.85. The zero-order valence-electron chi connectivity index (χ0n) is 13.2. The first-order chi connectivity index (χ1) is 12.0. The Labute approximate surface area is 151 Å². The molecule has 0 saturated heterocycles. The summed E-state index contributed by atoms with van der Waals surface area (Å²) in [6.45, 7) is 0. The Hall–Kier alpha value is -2.54. The molecule has 4 nitrogen and oxygen atoms in total. The van der Waals surface area contributed by atoms with Crippen LogP contribution < -0.4 is 5.32 Å². The number of amides is 1. The predicted octanol–water partition coefficient (Wildman–Crippen LogP) is 3.98. The number of rotatable bonds is 4. The van der Waals surface area contributed by atoms with Crippen LogP contribution in [0.25, 0.3) is 0 Å². The van der Waals surface area contributed by atoms with Crippen LogP contribution in [0.1, 0.15) is 27.8 Å². The molecule has 7 heteroatoms. The Morgan fingerprint density at radius 3 is 2.56 bits per heavy atom. The second-order valence-corrected chi connectivity index (χ2v) is 6.39. The van der Waals surface area contributed by atoms with Crippen molar-refractivity contribution in [3.63, 3.8) is 0 Å². The van der Waals surface area contributed by atoms with E-state index < -0.39 is 17.8 Å². The third kappa shape index (κ3) is 3.76. The van der Waals surface area contributed by atoms with Crippen molar-refractivity contribution in [2.24, 2.45) is 7.05 Å². The van der Waals surface area contributed by atoms with E-state index >= 15 is 0 Å². The van der Waals surface area contributed by atoms with E-state index in [2.05, 4.69) is 26.2 Å². The Morgan fingerprint density at radius 2 is 1.92 bits per heavy atom. The smallest absolute Gasteiger partial charge is 0.255 e. The molecule has 1 heterocycles. The van der Waals surface area contributed by atoms with Gasteiger partial charge in [-0.25, -0.2) is 13.8 Å². The molecule has 0 bridgehead atoms. The molecule has 0 aliphatic heterocycles. The van der Waals surface area contributed by atoms with E-state index in [1.54, 1.807) is 36.1 Å². The van der Waals surface area contributed by atoms with Crippen molar-refractivity contribution in [2.75, 3.05) is 0 Å². The van der Waals surface area contributed by atoms with E-state index in [0.29, 0.717) is 15.9 Å². The number of benzene rings is 2. The Morgan fingerprint density at radius 1 is 1.20 bits per heavy atom. The van der Waals surface area contributed by atoms with E-state index in [-0.39, 0.29) is 11.4 Å². The molecular weight excluding hydrogens is 392 g/mol. The summed E-state index contributed by atoms with van der Waals surface area (Å²) in [4.78, 5) is 16.8. The van der Waals surface area contributed by atoms with Crippen LogP contribution in [-0.2, 0) is 7.05 Å². The maximum Gasteiger partial charge on any atom is 0.255 e. The summed E-state index contributed by atoms with van der Waals surface area (Å²) < 4.78 is 29.6. The second kappa shape index (κ2) is 7.14. The van der Waals surface area contributed by atoms with Crippen LogP contribution >= 0.6 is 15.9 Å². The molecule has 1 unspecified atom stereocenters. The molecule has 1 aromatic heterocycles. The van der Waals surface area contributed by atoms with E-state index in [1.807, 2.05) is 0 Å². The van der Waals surface area contributed by atoms with Crippen molar-refractivity contribution in [3.8, 4) is 0 Å². The normalized spacial score (nSPS) is 12.0. The van der Waals surface area contributed by atoms with Crippen molar-refractivity contribution in [2.45, 2.75) is 6.04 Å². The average Bonchev–Trinajstić information content (AvgIpc) is 3.01. The predicted molar refractivity (Wildman–Crippen MR) is 93.0 cm³/mol. The SMILES string of the molecule is Cn1ccnc1C(NC(=O)c1cc(Br)ccc1F)c1ccc(F)cc1. The minimum Gasteiger partial charge on any atom is -0.338 e. The summed E-state index contributed by atoms with van der Waals surface area (Å²) in [5.74, 6) is -1.04. The third-order valence-corrected chi connectivity index (χ3v) is 4.26. The van der Waals surface area contributed by atoms with Gasteiger partial charge in [-0.05, 0) is 35.9 Å². The van der Waals surface area contributed by atoms with Crippen LogP contribution in [-0.4, -0.2) is 15.5 Å². The molecule has 0 fully saturated rings. The monoisotopic (exact) mass is 405 g/mol. The molecule has 3 aromatic rings. The lowest BCUT2D eigenvalue weighted by atomic mass is 10.0. The number of hydrogen-bond donors (Lipinski definition) is 1. The topological polar surface area (TPSA) is 46.9 Å². The Kier molecular flexibility index (Phi) is 4.94. The molecule has 1 N–H and O–H groups in total. The van der Waals surface area contributed by atoms with Gasteiger partial charge in [-0.3, -0.25) is 4.79 Å². The second-order valence-electron chi connectivity index (χ2n) is 5.48. The minimum absolute atomic E-state index is 0.0873. The van der Waals surface area contributed by atoms with Crippen molar-refractivity contribution in [3.05, 3.63) is 87.9 Å². The maximum atomic E-state index is 14.0. The van der Waals surface area contributed by atoms with Gasteiger partial charge in [0.25, 0.3) is 5.91 Å². The number of carbonyl (C=O) groups is 1. The van der Waals surface area contributed by atoms with Gasteiger partial charge >= 0.3 is 0 Å². The maximum absolute atomic E-state index is 14.0. The van der Waals surface area contributed by atoms with Crippen LogP contribution in [0.5, 0.6) is 0 Å². The van der Waals surface area contributed by atoms with Crippen molar-refractivity contribution in [1.82, 2.24) is 14.9 Å². The van der Waals surface area contributed by atoms with E-state index in [4.69, 9.17) is 0 Å². The molecule has 0 aliphatic carbocycles. The minimum atomic E-state index is -0.647. The molecule has 1 atom stereocenters. The molecule has 1 amide bonds. The summed E-state index contributed by atoms with van der Waals surface area (Å²) in [6.07, 6.45) is 3.33. The Bertz CT molecular complexity index is 909. The molecule has 0 aliphatic rings. The van der Waals surface area contributed by atoms with E-state index in [9.17, 15) is 13.6 Å². The third-order valence-electron chi connectivity index (χ3n) is 3.77. The first-order valence-corrected chi connectivity index (χ1v) is 8.23. The number of imidazole rings is 1. The van der Waals surface area contributed by atoms with Gasteiger partial charge in [0.05, 0.1) is 5.56 Å². The summed E-state index contributed by atoms with van der Waals surface area (Å²) in [6, 6.07) is 9.22. The number of nitrogens with zero attached hydrogens (tertiary/aromatic N) is 2. The van der Waals surface area contributed by atoms with Crippen molar-refractivity contribution >= 4 is 21.8 Å². The molecule has 25 heavy (non-hydrogen) atoms. The number of nitrogens with one attached hydrogen (secondary N) is 1. The van der Waals surface area contributed by atoms with Crippen LogP contribution in [0.4, 0.5) is 8.78 Å². The van der Waals surface area contributed by atoms with Gasteiger partial charge in [0.1, 0.15) is 23.5 Å². The quantitative estimate of drug-likeness (QED) is 0.713. The summed E-state index contributed by atoms with van der Waals surface area (Å²) in [5, 5.41) is 2.77. The average molecular weight is 406 g/mol. The molecule has 2 aromatic carbocycles. The standard InChI is InChI=1S/C18H14BrF2N3O/c1-24-9-8-22-17(24)16(11-2-5-13(20)6-3-11)23-18(25)14-10-12(19)4-7-15(14)21/h2-10,16H,1H3,(H,23,25). The number of hydrogen-bond acceptors (Lipinski definition) is 2. The molecular formula is C18H14BrF2N3O. The van der Waals surface area contributed by atoms with Crippen LogP contribution in [0.2, 0.25) is 0 Å². The number of aromatic nitrogens is 2. The van der Waals surface area contributed by atoms with Gasteiger partial charge in [0, 0.05) is 23.9 Å². The van der Waals surface area contributed by atoms with Gasteiger partial charge in [0.15, 0.2) is 0 Å². The molecule has 3 rings (SSSR count). The largest absolute Gasteiger partial charge is 0.338 e. The van der Waals surface area contributed by atoms with Crippen LogP contribution in [0.3, 0.4) is 0 Å².